The Kier molecular flexibility index (Phi) is 69.6. The van der Waals surface area contributed by atoms with Crippen molar-refractivity contribution in [1.82, 2.24) is 10.6 Å². The van der Waals surface area contributed by atoms with Gasteiger partial charge in [-0.1, -0.05) is 89.1 Å². The van der Waals surface area contributed by atoms with E-state index < -0.39 is 76.1 Å². The quantitative estimate of drug-likeness (QED) is 0.0486. The molecule has 1 unspecified atom stereocenters. The van der Waals surface area contributed by atoms with Crippen molar-refractivity contribution in [3.05, 3.63) is 0 Å². The van der Waals surface area contributed by atoms with Crippen LogP contribution in [0.5, 0.6) is 0 Å². The highest BCUT2D eigenvalue weighted by molar-refractivity contribution is 6.91. The molecule has 11 nitrogen and oxygen atoms in total. The van der Waals surface area contributed by atoms with E-state index in [2.05, 4.69) is 142 Å². The van der Waals surface area contributed by atoms with Crippen LogP contribution in [0.25, 0.3) is 0 Å². The molecule has 62 heavy (non-hydrogen) atoms. The summed E-state index contributed by atoms with van der Waals surface area (Å²) in [7, 11) is -18.0. The van der Waals surface area contributed by atoms with E-state index in [-0.39, 0.29) is 89.1 Å². The molecule has 0 bridgehead atoms. The van der Waals surface area contributed by atoms with Gasteiger partial charge < -0.3 is 50.9 Å². The molecule has 0 aromatic carbocycles. The first-order chi connectivity index (χ1) is 22.1. The first-order valence-corrected chi connectivity index (χ1v) is 45.9. The lowest BCUT2D eigenvalue weighted by atomic mass is 10.5. The van der Waals surface area contributed by atoms with Gasteiger partial charge >= 0.3 is 42.8 Å². The van der Waals surface area contributed by atoms with Gasteiger partial charge in [-0.3, -0.25) is 0 Å². The van der Waals surface area contributed by atoms with E-state index in [9.17, 15) is 0 Å². The van der Waals surface area contributed by atoms with Gasteiger partial charge in [0, 0.05) is 26.2 Å². The molecule has 0 saturated heterocycles. The second kappa shape index (κ2) is 42.6. The van der Waals surface area contributed by atoms with Crippen LogP contribution in [0, 0.1) is 0 Å². The Balaban J connectivity index is -0.0000000523. The third-order valence-electron chi connectivity index (χ3n) is 6.17. The topological polar surface area (TPSA) is 141 Å². The number of nitrogens with one attached hydrogen (secondary N) is 2. The Hall–Kier alpha value is 1.51. The fraction of sp³-hybridized carbons (Fsp3) is 1.00. The second-order valence-corrected chi connectivity index (χ2v) is 55.5. The molecule has 0 radical (unpaired) electrons. The predicted molar refractivity (Wildman–Crippen MR) is 320 cm³/mol. The first kappa shape index (κ1) is 101. The number of rotatable bonds is 26. The molecule has 400 valence electrons. The molecule has 0 rings (SSSR count). The predicted octanol–water partition coefficient (Wildman–Crippen LogP) is 15.2. The van der Waals surface area contributed by atoms with E-state index in [1.807, 2.05) is 0 Å². The van der Waals surface area contributed by atoms with Crippen LogP contribution in [0.2, 0.25) is 143 Å². The molecular formula is C42H134N4O7Si9. The molecule has 0 fully saturated rings. The molecule has 6 N–H and O–H groups in total. The van der Waals surface area contributed by atoms with Crippen molar-refractivity contribution < 1.29 is 28.8 Å². The zero-order valence-electron chi connectivity index (χ0n) is 36.6. The zero-order chi connectivity index (χ0) is 39.9. The van der Waals surface area contributed by atoms with Crippen LogP contribution < -0.4 is 22.1 Å². The van der Waals surface area contributed by atoms with Crippen LogP contribution >= 0.6 is 0 Å². The first-order valence-electron chi connectivity index (χ1n) is 18.8. The van der Waals surface area contributed by atoms with Gasteiger partial charge in [-0.15, -0.1) is 0 Å². The van der Waals surface area contributed by atoms with Crippen LogP contribution in [-0.2, 0) is 28.8 Å². The van der Waals surface area contributed by atoms with Gasteiger partial charge in [0.25, 0.3) is 0 Å². The largest absolute Gasteiger partial charge is 0.437 e. The Morgan fingerprint density at radius 2 is 0.484 bits per heavy atom. The molecule has 0 aromatic rings. The van der Waals surface area contributed by atoms with Crippen LogP contribution in [-0.4, -0.2) is 115 Å². The summed E-state index contributed by atoms with van der Waals surface area (Å²) < 4.78 is 45.9. The van der Waals surface area contributed by atoms with Crippen molar-refractivity contribution in [2.75, 3.05) is 39.3 Å². The molecule has 0 aliphatic heterocycles. The van der Waals surface area contributed by atoms with Crippen LogP contribution in [0.4, 0.5) is 0 Å². The SMILES string of the molecule is C.C.C.C.C.C.C.C.C.C.C.C.C[Si](C)(C)O[Si](C)(C)O[Si](C)(CCCNCCN)O[Si](C)(C)C.C[Si](C)(C)O[Si](C)(C)O[Si](C)(CCCNCCN)O[Si](C)(C)O[Si](C)(C)C. The van der Waals surface area contributed by atoms with E-state index in [1.54, 1.807) is 0 Å². The summed E-state index contributed by atoms with van der Waals surface area (Å²) in [6.45, 7) is 49.0. The maximum absolute atomic E-state index is 6.74. The average Bonchev–Trinajstić information content (AvgIpc) is 2.76. The fourth-order valence-electron chi connectivity index (χ4n) is 6.25. The molecular weight excluding hydrogens is 925 g/mol. The lowest BCUT2D eigenvalue weighted by molar-refractivity contribution is 0.292. The summed E-state index contributed by atoms with van der Waals surface area (Å²) in [6.07, 6.45) is 2.07. The van der Waals surface area contributed by atoms with Crippen molar-refractivity contribution in [1.29, 1.82) is 0 Å². The number of hydrogen-bond acceptors (Lipinski definition) is 11. The highest BCUT2D eigenvalue weighted by Crippen LogP contribution is 2.30. The van der Waals surface area contributed by atoms with Crippen molar-refractivity contribution in [3.8, 4) is 0 Å². The molecule has 0 spiro atoms. The van der Waals surface area contributed by atoms with Gasteiger partial charge in [-0.05, 0) is 169 Å². The summed E-state index contributed by atoms with van der Waals surface area (Å²) in [4.78, 5) is 0. The minimum atomic E-state index is -2.43. The molecule has 0 aromatic heterocycles. The second-order valence-electron chi connectivity index (χ2n) is 18.9. The van der Waals surface area contributed by atoms with E-state index in [4.69, 9.17) is 40.3 Å². The van der Waals surface area contributed by atoms with E-state index >= 15 is 0 Å². The third-order valence-corrected chi connectivity index (χ3v) is 37.2. The summed E-state index contributed by atoms with van der Waals surface area (Å²) in [5.74, 6) is 0. The summed E-state index contributed by atoms with van der Waals surface area (Å²) in [5.41, 5.74) is 11.1. The fourth-order valence-corrected chi connectivity index (χ4v) is 47.6. The maximum atomic E-state index is 6.74. The van der Waals surface area contributed by atoms with Gasteiger partial charge in [-0.25, -0.2) is 0 Å². The molecule has 20 heteroatoms. The average molecular weight is 1060 g/mol. The zero-order valence-corrected chi connectivity index (χ0v) is 45.6. The summed E-state index contributed by atoms with van der Waals surface area (Å²) >= 11 is 0. The lowest BCUT2D eigenvalue weighted by Crippen LogP contribution is -2.59. The van der Waals surface area contributed by atoms with Gasteiger partial charge in [0.2, 0.25) is 0 Å². The third kappa shape index (κ3) is 63.6. The van der Waals surface area contributed by atoms with Crippen molar-refractivity contribution >= 4 is 76.1 Å². The Morgan fingerprint density at radius 3 is 0.661 bits per heavy atom. The van der Waals surface area contributed by atoms with E-state index in [0.717, 1.165) is 51.1 Å². The summed E-state index contributed by atoms with van der Waals surface area (Å²) in [6, 6.07) is 1.93. The number of hydrogen-bond donors (Lipinski definition) is 4. The van der Waals surface area contributed by atoms with Crippen molar-refractivity contribution in [2.45, 2.75) is 245 Å². The molecule has 0 saturated carbocycles. The van der Waals surface area contributed by atoms with Crippen LogP contribution in [0.3, 0.4) is 0 Å². The van der Waals surface area contributed by atoms with Gasteiger partial charge in [0.15, 0.2) is 33.3 Å². The molecule has 1 atom stereocenters. The normalized spacial score (nSPS) is 12.5. The molecule has 0 aliphatic carbocycles. The monoisotopic (exact) mass is 1060 g/mol. The minimum Gasteiger partial charge on any atom is -0.437 e. The summed E-state index contributed by atoms with van der Waals surface area (Å²) in [5, 5.41) is 6.73. The molecule has 0 aliphatic rings. The van der Waals surface area contributed by atoms with Gasteiger partial charge in [0.05, 0.1) is 0 Å². The van der Waals surface area contributed by atoms with Crippen molar-refractivity contribution in [3.63, 3.8) is 0 Å². The Bertz CT molecular complexity index is 908. The number of nitrogens with two attached hydrogens (primary N) is 2. The highest BCUT2D eigenvalue weighted by Gasteiger charge is 2.47. The highest BCUT2D eigenvalue weighted by atomic mass is 28.5. The minimum absolute atomic E-state index is 0. The van der Waals surface area contributed by atoms with E-state index in [0.29, 0.717) is 13.1 Å². The smallest absolute Gasteiger partial charge is 0.317 e. The molecule has 0 amide bonds. The lowest BCUT2D eigenvalue weighted by Gasteiger charge is -2.43. The molecule has 0 heterocycles. The van der Waals surface area contributed by atoms with Crippen LogP contribution in [0.15, 0.2) is 0 Å². The van der Waals surface area contributed by atoms with Crippen LogP contribution in [0.1, 0.15) is 102 Å². The Morgan fingerprint density at radius 1 is 0.290 bits per heavy atom. The van der Waals surface area contributed by atoms with E-state index in [1.165, 1.54) is 0 Å². The van der Waals surface area contributed by atoms with Crippen molar-refractivity contribution in [2.24, 2.45) is 11.5 Å². The standard InChI is InChI=1S/C16H46N2O4Si5.C14H40N2O3Si4.12CH4/c1-23(2,3)19-25(7,8)21-27(11,16-12-14-18-15-13-17)22-26(9,10)20-24(4,5)6;1-20(2,3)17-22(7,8)19-23(9,18-21(4,5)6)14-10-12-16-13-11-15;;;;;;;;;;;;/h18H,12-17H2,1-11H3;16H,10-15H2,1-9H3;12*1H4. The Labute approximate surface area is 409 Å². The van der Waals surface area contributed by atoms with Gasteiger partial charge in [-0.2, -0.15) is 0 Å². The maximum Gasteiger partial charge on any atom is 0.317 e. The van der Waals surface area contributed by atoms with Gasteiger partial charge in [0.1, 0.15) is 0 Å².